The fraction of sp³-hybridized carbons (Fsp3) is 0.633. The summed E-state index contributed by atoms with van der Waals surface area (Å²) in [5, 5.41) is 65.5. The van der Waals surface area contributed by atoms with Crippen molar-refractivity contribution in [1.29, 1.82) is 0 Å². The minimum Gasteiger partial charge on any atom is -0.481 e. The zero-order chi connectivity index (χ0) is 93.2. The zero-order valence-electron chi connectivity index (χ0n) is 64.9. The Morgan fingerprint density at radius 2 is 0.893 bits per heavy atom. The molecule has 14 atom stereocenters. The van der Waals surface area contributed by atoms with Crippen LogP contribution in [-0.2, 0) is 111 Å². The van der Waals surface area contributed by atoms with Crippen molar-refractivity contribution in [2.45, 2.75) is 177 Å². The predicted octanol–water partition coefficient (Wildman–Crippen LogP) is -0.00830. The number of phosphoric acid groups is 6. The van der Waals surface area contributed by atoms with Crippen LogP contribution in [0.15, 0.2) is 31.6 Å². The lowest BCUT2D eigenvalue weighted by atomic mass is 10.0. The summed E-state index contributed by atoms with van der Waals surface area (Å²) >= 11 is 0. The Bertz CT molecular complexity index is 4350. The molecule has 0 spiro atoms. The largest absolute Gasteiger partial charge is 0.490 e. The molecular formula is C60H92FN9O42P6S4. The van der Waals surface area contributed by atoms with E-state index < -0.39 is 193 Å². The summed E-state index contributed by atoms with van der Waals surface area (Å²) < 4.78 is 120. The highest BCUT2D eigenvalue weighted by Gasteiger charge is 2.45. The number of aliphatic carboxylic acids is 4. The molecular weight excluding hydrogens is 1850 g/mol. The number of rotatable bonds is 54. The van der Waals surface area contributed by atoms with Crippen LogP contribution in [0.25, 0.3) is 0 Å². The molecule has 4 rings (SSSR count). The summed E-state index contributed by atoms with van der Waals surface area (Å²) in [5.41, 5.74) is 1.73. The number of aliphatic hydroxyl groups excluding tert-OH is 2. The highest BCUT2D eigenvalue weighted by atomic mass is 33.1. The lowest BCUT2D eigenvalue weighted by molar-refractivity contribution is -0.147. The molecule has 122 heavy (non-hydrogen) atoms. The van der Waals surface area contributed by atoms with Crippen molar-refractivity contribution in [1.82, 2.24) is 40.4 Å². The van der Waals surface area contributed by atoms with Crippen molar-refractivity contribution in [3.63, 3.8) is 0 Å². The van der Waals surface area contributed by atoms with Crippen LogP contribution < -0.4 is 49.5 Å². The van der Waals surface area contributed by atoms with Crippen LogP contribution in [0.4, 0.5) is 4.39 Å². The molecule has 2 fully saturated rings. The molecule has 2 aromatic heterocycles. The van der Waals surface area contributed by atoms with Crippen molar-refractivity contribution < 1.29 is 187 Å². The summed E-state index contributed by atoms with van der Waals surface area (Å²) in [6.45, 7) is -0.551. The Morgan fingerprint density at radius 3 is 1.25 bits per heavy atom. The van der Waals surface area contributed by atoms with Gasteiger partial charge in [-0.25, -0.2) is 46.6 Å². The van der Waals surface area contributed by atoms with Crippen molar-refractivity contribution in [2.24, 2.45) is 11.7 Å². The Kier molecular flexibility index (Phi) is 49.6. The van der Waals surface area contributed by atoms with Gasteiger partial charge in [0.25, 0.3) is 11.1 Å². The number of nitrogens with zero attached hydrogens (tertiary/aromatic N) is 2. The maximum atomic E-state index is 12.5. The van der Waals surface area contributed by atoms with E-state index in [-0.39, 0.29) is 98.5 Å². The number of ether oxygens (including phenoxy) is 2. The van der Waals surface area contributed by atoms with E-state index in [2.05, 4.69) is 71.2 Å². The van der Waals surface area contributed by atoms with Crippen LogP contribution in [0, 0.1) is 29.6 Å². The average Bonchev–Trinajstić information content (AvgIpc) is 1.69. The molecule has 0 radical (unpaired) electrons. The van der Waals surface area contributed by atoms with Gasteiger partial charge in [-0.05, 0) is 25.7 Å². The number of aliphatic hydroxyl groups is 2. The number of hydrogen-bond donors (Lipinski definition) is 21. The number of alkyl halides is 1. The van der Waals surface area contributed by atoms with Crippen LogP contribution in [0.3, 0.4) is 0 Å². The number of nitrogens with one attached hydrogen (secondary N) is 6. The number of carboxylic acids is 4. The van der Waals surface area contributed by atoms with Crippen LogP contribution in [0.2, 0.25) is 0 Å². The van der Waals surface area contributed by atoms with Gasteiger partial charge >= 0.3 is 82.2 Å². The third-order valence-corrected chi connectivity index (χ3v) is 28.1. The number of amides is 4. The minimum absolute atomic E-state index is 0.0113. The number of Topliss-reactive ketones (excluding diaryl/α,β-unsaturated/α-hetero) is 2. The fourth-order valence-corrected chi connectivity index (χ4v) is 20.4. The fourth-order valence-electron chi connectivity index (χ4n) is 9.77. The zero-order valence-corrected chi connectivity index (χ0v) is 72.5. The van der Waals surface area contributed by atoms with Gasteiger partial charge in [0, 0.05) is 92.7 Å². The lowest BCUT2D eigenvalue weighted by Gasteiger charge is -2.19. The maximum absolute atomic E-state index is 12.5. The topological polar surface area (TPSA) is 814 Å². The molecule has 690 valence electrons. The smallest absolute Gasteiger partial charge is 0.481 e. The standard InChI is InChI=1S/C30H45N4O21P3S2.C29H44N5O21P3S2.CH3F/c1-18(21(35)8-4-2-3-5-9-25(38)32-20(29(42)43)13-27(39)40)17-60-59-12-10-24(37)31-11-6-7-19-15-34(30(44)33-28(19)41)26-14-22(36)23(53-26)16-52-57(48,49)55-58(50,51)54-56(45,46)47;30-18(20(35)7-3-1-2-4-8-24(38)32-19(28(42)43)12-26(39)40)16-60-59-11-9-23(37)31-10-5-6-17-14-34(29(44)33-27(17)41)25-13-21(36)22(53-25)15-52-57(48,49)55-58(50,51)54-56(45,46)47;1-2/h15,18,20,22-23,26,36H,2-5,8-14,16-17H2,1H3,(H,31,37)(H,32,38)(H,39,40)(H,42,43)(H,48,49)(H,50,51)(H,33,41,44)(H2,45,46,47);14,18-19,21-22,25,36H,1-4,7-13,15-16,30H2,(H,31,37)(H,32,38)(H,39,40)(H,42,43)(H,48,49)(H,50,51)(H,33,41,44)(H2,45,46,47);1H3/i;;1D. The molecule has 2 saturated heterocycles. The third kappa shape index (κ3) is 47.7. The number of nitrogens with two attached hydrogens (primary N) is 1. The van der Waals surface area contributed by atoms with Crippen molar-refractivity contribution >= 4 is 149 Å². The van der Waals surface area contributed by atoms with Crippen LogP contribution in [0.5, 0.6) is 0 Å². The first-order valence-electron chi connectivity index (χ1n) is 36.0. The molecule has 0 aromatic carbocycles. The number of hydrogen-bond acceptors (Lipinski definition) is 35. The normalized spacial score (nSPS) is 19.3. The predicted molar refractivity (Wildman–Crippen MR) is 423 cm³/mol. The highest BCUT2D eigenvalue weighted by molar-refractivity contribution is 8.77. The molecule has 14 unspecified atom stereocenters. The van der Waals surface area contributed by atoms with Crippen LogP contribution in [0.1, 0.15) is 147 Å². The van der Waals surface area contributed by atoms with Gasteiger partial charge in [-0.1, -0.05) is 99.5 Å². The van der Waals surface area contributed by atoms with Crippen molar-refractivity contribution in [2.75, 3.05) is 56.5 Å². The second-order valence-corrected chi connectivity index (χ2v) is 39.4. The van der Waals surface area contributed by atoms with E-state index >= 15 is 0 Å². The first-order chi connectivity index (χ1) is 57.2. The van der Waals surface area contributed by atoms with Crippen molar-refractivity contribution in [3.05, 3.63) is 65.2 Å². The monoisotopic (exact) mass is 1940 g/mol. The van der Waals surface area contributed by atoms with Gasteiger partial charge in [-0.15, -0.1) is 0 Å². The molecule has 62 heteroatoms. The number of carbonyl (C=O) groups excluding carboxylic acids is 6. The number of aromatic nitrogens is 4. The van der Waals surface area contributed by atoms with E-state index in [0.29, 0.717) is 80.8 Å². The van der Waals surface area contributed by atoms with Gasteiger partial charge in [-0.2, -0.15) is 17.2 Å². The molecule has 4 amide bonds. The number of carbonyl (C=O) groups is 10. The van der Waals surface area contributed by atoms with Gasteiger partial charge in [0.15, 0.2) is 0 Å². The van der Waals surface area contributed by atoms with E-state index in [9.17, 15) is 129 Å². The average molecular weight is 1950 g/mol. The molecule has 51 nitrogen and oxygen atoms in total. The second-order valence-electron chi connectivity index (χ2n) is 25.3. The molecule has 0 saturated carbocycles. The minimum atomic E-state index is -5.79. The summed E-state index contributed by atoms with van der Waals surface area (Å²) in [6.07, 6.45) is -3.16. The first-order valence-corrected chi connectivity index (χ1v) is 49.3. The van der Waals surface area contributed by atoms with Crippen LogP contribution in [-0.4, -0.2) is 247 Å². The van der Waals surface area contributed by atoms with Crippen LogP contribution >= 0.6 is 90.1 Å². The van der Waals surface area contributed by atoms with E-state index in [1.807, 2.05) is 9.97 Å². The SMILES string of the molecule is CC(CSSCCC(=O)NCC#Cc1cn(C2CC(O)C(COP(=O)(O)OP(=O)(O)OP(=O)(O)O)O2)c(=O)[nH]c1=O)C(=O)CCCCCCC(=O)NC(CC(=O)O)C(=O)O.NC(CSSCCC(=O)NCC#Cc1cn(C2CC(O)C(COP(=O)(O)OP(=O)(O)OP(=O)(O)O)O2)c(=O)[nH]c1=O)C(=O)CCCCCCC(=O)NC(CC(=O)O)C(=O)O.[2H]CF. The number of ketones is 2. The molecule has 2 aliphatic rings. The Balaban J connectivity index is 0.000000807. The third-order valence-electron chi connectivity index (χ3n) is 15.5. The number of halogens is 1. The number of unbranched alkanes of at least 4 members (excludes halogenated alkanes) is 6. The van der Waals surface area contributed by atoms with Gasteiger partial charge in [0.1, 0.15) is 59.4 Å². The summed E-state index contributed by atoms with van der Waals surface area (Å²) in [5.74, 6) is 3.93. The Morgan fingerprint density at radius 1 is 0.541 bits per heavy atom. The first kappa shape index (κ1) is 110. The highest BCUT2D eigenvalue weighted by Crippen LogP contribution is 2.67. The molecule has 0 aliphatic carbocycles. The summed E-state index contributed by atoms with van der Waals surface area (Å²) in [4.78, 5) is 242. The number of aromatic amines is 2. The second kappa shape index (κ2) is 55.2. The van der Waals surface area contributed by atoms with Crippen molar-refractivity contribution in [3.8, 4) is 23.7 Å². The maximum Gasteiger partial charge on any atom is 0.490 e. The molecule has 0 bridgehead atoms. The Labute approximate surface area is 707 Å². The van der Waals surface area contributed by atoms with Gasteiger partial charge in [-0.3, -0.25) is 80.5 Å². The molecule has 2 aromatic rings. The number of carboxylic acid groups (broad SMARTS) is 4. The summed E-state index contributed by atoms with van der Waals surface area (Å²) in [6, 6.07) is -3.74. The van der Waals surface area contributed by atoms with Gasteiger partial charge < -0.3 is 106 Å². The van der Waals surface area contributed by atoms with Gasteiger partial charge in [0.05, 0.1) is 65.9 Å². The summed E-state index contributed by atoms with van der Waals surface area (Å²) in [7, 11) is -29.4. The number of H-pyrrole nitrogens is 2. The molecule has 4 heterocycles. The molecule has 2 aliphatic heterocycles. The van der Waals surface area contributed by atoms with E-state index in [0.717, 1.165) is 21.5 Å². The van der Waals surface area contributed by atoms with E-state index in [1.54, 1.807) is 6.92 Å². The Hall–Kier alpha value is -6.47. The molecule has 22 N–H and O–H groups in total. The van der Waals surface area contributed by atoms with E-state index in [4.69, 9.17) is 56.6 Å². The van der Waals surface area contributed by atoms with E-state index in [1.165, 1.54) is 43.2 Å². The lowest BCUT2D eigenvalue weighted by Crippen LogP contribution is -2.42. The quantitative estimate of drug-likeness (QED) is 0.0179. The number of phosphoric ester groups is 2. The van der Waals surface area contributed by atoms with Gasteiger partial charge in [0.2, 0.25) is 23.6 Å².